The first-order valence-corrected chi connectivity index (χ1v) is 9.57. The molecule has 0 saturated carbocycles. The SMILES string of the molecule is CC(C)c1ccccc1NC(=O)NCCc1ccc(S(N)(=O)=O)cc1. The van der Waals surface area contributed by atoms with Crippen molar-refractivity contribution in [1.82, 2.24) is 5.32 Å². The van der Waals surface area contributed by atoms with Crippen LogP contribution in [0, 0.1) is 0 Å². The summed E-state index contributed by atoms with van der Waals surface area (Å²) in [5, 5.41) is 10.7. The van der Waals surface area contributed by atoms with Crippen molar-refractivity contribution in [3.05, 3.63) is 59.7 Å². The highest BCUT2D eigenvalue weighted by molar-refractivity contribution is 7.89. The summed E-state index contributed by atoms with van der Waals surface area (Å²) >= 11 is 0. The molecule has 0 spiro atoms. The lowest BCUT2D eigenvalue weighted by Crippen LogP contribution is -2.30. The monoisotopic (exact) mass is 361 g/mol. The summed E-state index contributed by atoms with van der Waals surface area (Å²) in [7, 11) is -3.68. The predicted octanol–water partition coefficient (Wildman–Crippen LogP) is 2.82. The van der Waals surface area contributed by atoms with Gasteiger partial charge in [0, 0.05) is 12.2 Å². The van der Waals surface area contributed by atoms with Crippen LogP contribution in [0.5, 0.6) is 0 Å². The quantitative estimate of drug-likeness (QED) is 0.737. The third-order valence-corrected chi connectivity index (χ3v) is 4.71. The van der Waals surface area contributed by atoms with E-state index < -0.39 is 10.0 Å². The van der Waals surface area contributed by atoms with E-state index in [-0.39, 0.29) is 10.9 Å². The van der Waals surface area contributed by atoms with Gasteiger partial charge < -0.3 is 10.6 Å². The predicted molar refractivity (Wildman–Crippen MR) is 99.1 cm³/mol. The fourth-order valence-corrected chi connectivity index (χ4v) is 2.96. The minimum Gasteiger partial charge on any atom is -0.338 e. The second kappa shape index (κ2) is 8.13. The standard InChI is InChI=1S/C18H23N3O3S/c1-13(2)16-5-3-4-6-17(16)21-18(22)20-12-11-14-7-9-15(10-8-14)25(19,23)24/h3-10,13H,11-12H2,1-2H3,(H2,19,23,24)(H2,20,21,22). The van der Waals surface area contributed by atoms with Crippen LogP contribution in [-0.2, 0) is 16.4 Å². The number of nitrogens with two attached hydrogens (primary N) is 1. The molecule has 2 amide bonds. The number of primary sulfonamides is 1. The van der Waals surface area contributed by atoms with Crippen molar-refractivity contribution in [1.29, 1.82) is 0 Å². The molecule has 7 heteroatoms. The van der Waals surface area contributed by atoms with Crippen molar-refractivity contribution >= 4 is 21.7 Å². The molecule has 2 rings (SSSR count). The van der Waals surface area contributed by atoms with Crippen LogP contribution < -0.4 is 15.8 Å². The number of carbonyl (C=O) groups excluding carboxylic acids is 1. The number of anilines is 1. The molecule has 0 fully saturated rings. The van der Waals surface area contributed by atoms with E-state index in [0.29, 0.717) is 18.9 Å². The molecule has 134 valence electrons. The number of para-hydroxylation sites is 1. The summed E-state index contributed by atoms with van der Waals surface area (Å²) in [6, 6.07) is 13.7. The first-order valence-electron chi connectivity index (χ1n) is 8.03. The molecule has 0 unspecified atom stereocenters. The molecule has 2 aromatic carbocycles. The third kappa shape index (κ3) is 5.58. The summed E-state index contributed by atoms with van der Waals surface area (Å²) in [4.78, 5) is 12.1. The van der Waals surface area contributed by atoms with Crippen LogP contribution in [0.25, 0.3) is 0 Å². The molecule has 0 aliphatic heterocycles. The van der Waals surface area contributed by atoms with E-state index in [9.17, 15) is 13.2 Å². The molecule has 4 N–H and O–H groups in total. The number of sulfonamides is 1. The zero-order valence-corrected chi connectivity index (χ0v) is 15.1. The van der Waals surface area contributed by atoms with Crippen LogP contribution in [0.2, 0.25) is 0 Å². The lowest BCUT2D eigenvalue weighted by atomic mass is 10.0. The van der Waals surface area contributed by atoms with Crippen molar-refractivity contribution in [3.63, 3.8) is 0 Å². The van der Waals surface area contributed by atoms with Gasteiger partial charge in [-0.3, -0.25) is 0 Å². The molecule has 0 aliphatic carbocycles. The number of rotatable bonds is 6. The molecular weight excluding hydrogens is 338 g/mol. The maximum Gasteiger partial charge on any atom is 0.319 e. The summed E-state index contributed by atoms with van der Waals surface area (Å²) in [5.74, 6) is 0.314. The van der Waals surface area contributed by atoms with Crippen LogP contribution >= 0.6 is 0 Å². The van der Waals surface area contributed by atoms with Gasteiger partial charge in [0.2, 0.25) is 10.0 Å². The number of benzene rings is 2. The van der Waals surface area contributed by atoms with E-state index in [1.54, 1.807) is 12.1 Å². The Morgan fingerprint density at radius 1 is 1.08 bits per heavy atom. The summed E-state index contributed by atoms with van der Waals surface area (Å²) < 4.78 is 22.4. The van der Waals surface area contributed by atoms with Gasteiger partial charge in [0.15, 0.2) is 0 Å². The van der Waals surface area contributed by atoms with Crippen LogP contribution in [-0.4, -0.2) is 21.0 Å². The molecule has 0 aliphatic rings. The van der Waals surface area contributed by atoms with Crippen LogP contribution in [0.1, 0.15) is 30.9 Å². The normalized spacial score (nSPS) is 11.4. The summed E-state index contributed by atoms with van der Waals surface area (Å²) in [6.45, 7) is 4.58. The van der Waals surface area contributed by atoms with E-state index in [1.807, 2.05) is 24.3 Å². The lowest BCUT2D eigenvalue weighted by molar-refractivity contribution is 0.252. The number of amides is 2. The Labute approximate surface area is 148 Å². The zero-order valence-electron chi connectivity index (χ0n) is 14.3. The number of nitrogens with one attached hydrogen (secondary N) is 2. The molecule has 0 radical (unpaired) electrons. The van der Waals surface area contributed by atoms with Gasteiger partial charge in [-0.05, 0) is 41.7 Å². The molecule has 0 heterocycles. The van der Waals surface area contributed by atoms with Crippen LogP contribution in [0.4, 0.5) is 10.5 Å². The highest BCUT2D eigenvalue weighted by Crippen LogP contribution is 2.23. The van der Waals surface area contributed by atoms with Crippen LogP contribution in [0.15, 0.2) is 53.4 Å². The smallest absolute Gasteiger partial charge is 0.319 e. The first-order chi connectivity index (χ1) is 11.8. The van der Waals surface area contributed by atoms with Crippen molar-refractivity contribution in [3.8, 4) is 0 Å². The Hall–Kier alpha value is -2.38. The van der Waals surface area contributed by atoms with E-state index in [2.05, 4.69) is 24.5 Å². The first kappa shape index (κ1) is 19.0. The molecule has 2 aromatic rings. The maximum absolute atomic E-state index is 12.0. The zero-order chi connectivity index (χ0) is 18.4. The average Bonchev–Trinajstić information content (AvgIpc) is 2.55. The average molecular weight is 361 g/mol. The Balaban J connectivity index is 1.87. The van der Waals surface area contributed by atoms with Crippen molar-refractivity contribution in [2.24, 2.45) is 5.14 Å². The van der Waals surface area contributed by atoms with Crippen molar-refractivity contribution in [2.75, 3.05) is 11.9 Å². The van der Waals surface area contributed by atoms with Gasteiger partial charge in [-0.25, -0.2) is 18.4 Å². The topological polar surface area (TPSA) is 101 Å². The highest BCUT2D eigenvalue weighted by Gasteiger charge is 2.09. The highest BCUT2D eigenvalue weighted by atomic mass is 32.2. The van der Waals surface area contributed by atoms with Gasteiger partial charge in [-0.2, -0.15) is 0 Å². The molecule has 0 atom stereocenters. The Bertz CT molecular complexity index is 831. The summed E-state index contributed by atoms with van der Waals surface area (Å²) in [5.41, 5.74) is 2.79. The maximum atomic E-state index is 12.0. The molecular formula is C18H23N3O3S. The van der Waals surface area contributed by atoms with Gasteiger partial charge in [-0.15, -0.1) is 0 Å². The Morgan fingerprint density at radius 2 is 1.72 bits per heavy atom. The number of hydrogen-bond donors (Lipinski definition) is 3. The van der Waals surface area contributed by atoms with Gasteiger partial charge in [-0.1, -0.05) is 44.2 Å². The van der Waals surface area contributed by atoms with Gasteiger partial charge >= 0.3 is 6.03 Å². The van der Waals surface area contributed by atoms with Crippen molar-refractivity contribution < 1.29 is 13.2 Å². The second-order valence-electron chi connectivity index (χ2n) is 6.06. The molecule has 0 aromatic heterocycles. The van der Waals surface area contributed by atoms with Gasteiger partial charge in [0.25, 0.3) is 0 Å². The molecule has 25 heavy (non-hydrogen) atoms. The van der Waals surface area contributed by atoms with E-state index in [4.69, 9.17) is 5.14 Å². The largest absolute Gasteiger partial charge is 0.338 e. The van der Waals surface area contributed by atoms with Crippen LogP contribution in [0.3, 0.4) is 0 Å². The van der Waals surface area contributed by atoms with Gasteiger partial charge in [0.1, 0.15) is 0 Å². The number of urea groups is 1. The van der Waals surface area contributed by atoms with E-state index in [0.717, 1.165) is 16.8 Å². The Morgan fingerprint density at radius 3 is 2.32 bits per heavy atom. The molecule has 0 saturated heterocycles. The lowest BCUT2D eigenvalue weighted by Gasteiger charge is -2.14. The third-order valence-electron chi connectivity index (χ3n) is 3.78. The number of hydrogen-bond acceptors (Lipinski definition) is 3. The van der Waals surface area contributed by atoms with Crippen molar-refractivity contribution in [2.45, 2.75) is 31.1 Å². The van der Waals surface area contributed by atoms with E-state index in [1.165, 1.54) is 12.1 Å². The number of carbonyl (C=O) groups is 1. The summed E-state index contributed by atoms with van der Waals surface area (Å²) in [6.07, 6.45) is 0.587. The van der Waals surface area contributed by atoms with Gasteiger partial charge in [0.05, 0.1) is 4.90 Å². The Kier molecular flexibility index (Phi) is 6.17. The minimum absolute atomic E-state index is 0.0762. The fourth-order valence-electron chi connectivity index (χ4n) is 2.45. The fraction of sp³-hybridized carbons (Fsp3) is 0.278. The second-order valence-corrected chi connectivity index (χ2v) is 7.62. The molecule has 6 nitrogen and oxygen atoms in total. The molecule has 0 bridgehead atoms. The minimum atomic E-state index is -3.68. The van der Waals surface area contributed by atoms with E-state index >= 15 is 0 Å².